The van der Waals surface area contributed by atoms with Crippen LogP contribution in [0.4, 0.5) is 0 Å². The minimum atomic E-state index is -0.750. The Morgan fingerprint density at radius 3 is 1.00 bits per heavy atom. The largest absolute Gasteiger partial charge is 0.400 e. The summed E-state index contributed by atoms with van der Waals surface area (Å²) >= 11 is 14.4. The van der Waals surface area contributed by atoms with Crippen molar-refractivity contribution >= 4 is 34.8 Å². The lowest BCUT2D eigenvalue weighted by Crippen LogP contribution is -2.21. The topological polar surface area (TPSA) is 23.5 Å². The van der Waals surface area contributed by atoms with Crippen LogP contribution < -0.4 is 0 Å². The number of hydrogen-bond donors (Lipinski definition) is 1. The molecule has 122 valence electrons. The van der Waals surface area contributed by atoms with Gasteiger partial charge >= 0.3 is 0 Å². The van der Waals surface area contributed by atoms with Crippen LogP contribution in [0.2, 0.25) is 0 Å². The summed E-state index contributed by atoms with van der Waals surface area (Å²) in [6.45, 7) is 14.6. The molecule has 0 aliphatic heterocycles. The van der Waals surface area contributed by atoms with Crippen LogP contribution in [0.15, 0.2) is 0 Å². The maximum Gasteiger partial charge on any atom is 0.180 e. The zero-order chi connectivity index (χ0) is 16.1. The molecule has 19 heavy (non-hydrogen) atoms. The molecule has 0 amide bonds. The lowest BCUT2D eigenvalue weighted by Gasteiger charge is -2.13. The molecular formula is C14H34Cl3NO. The Morgan fingerprint density at radius 1 is 0.737 bits per heavy atom. The fourth-order valence-corrected chi connectivity index (χ4v) is 1.17. The van der Waals surface area contributed by atoms with E-state index in [9.17, 15) is 0 Å². The standard InChI is InChI=1S/C6H15N.C6H14.CHCl3.CH4O/c1-4-7(5-2)6-3;1-3-5-6-4-2;2-1(3)4;1-2/h4-6H2,1-3H3;3-6H2,1-2H3;1H;2H,1H3. The first-order valence-electron chi connectivity index (χ1n) is 7.09. The maximum absolute atomic E-state index is 7.00. The van der Waals surface area contributed by atoms with Gasteiger partial charge in [0.05, 0.1) is 0 Å². The van der Waals surface area contributed by atoms with Gasteiger partial charge in [-0.1, -0.05) is 95.1 Å². The second-order valence-corrected chi connectivity index (χ2v) is 5.55. The van der Waals surface area contributed by atoms with Gasteiger partial charge in [0.25, 0.3) is 0 Å². The SMILES string of the molecule is CCCCCC.CCN(CC)CC.CO.ClC(Cl)Cl. The molecule has 0 fully saturated rings. The Labute approximate surface area is 136 Å². The smallest absolute Gasteiger partial charge is 0.180 e. The van der Waals surface area contributed by atoms with Crippen molar-refractivity contribution in [3.05, 3.63) is 0 Å². The summed E-state index contributed by atoms with van der Waals surface area (Å²) < 4.78 is -0.750. The zero-order valence-electron chi connectivity index (χ0n) is 13.6. The number of rotatable bonds is 6. The summed E-state index contributed by atoms with van der Waals surface area (Å²) in [6.07, 6.45) is 5.54. The number of halogens is 3. The molecule has 0 aromatic carbocycles. The van der Waals surface area contributed by atoms with Crippen LogP contribution in [0.25, 0.3) is 0 Å². The molecule has 0 rings (SSSR count). The van der Waals surface area contributed by atoms with E-state index >= 15 is 0 Å². The van der Waals surface area contributed by atoms with Crippen molar-refractivity contribution in [2.24, 2.45) is 0 Å². The number of hydrogen-bond acceptors (Lipinski definition) is 2. The summed E-state index contributed by atoms with van der Waals surface area (Å²) in [6, 6.07) is 0. The first-order valence-corrected chi connectivity index (χ1v) is 8.40. The van der Waals surface area contributed by atoms with Gasteiger partial charge in [-0.25, -0.2) is 0 Å². The Kier molecular flexibility index (Phi) is 46.1. The molecule has 2 nitrogen and oxygen atoms in total. The highest BCUT2D eigenvalue weighted by Gasteiger charge is 1.89. The van der Waals surface area contributed by atoms with Gasteiger partial charge in [0, 0.05) is 7.11 Å². The highest BCUT2D eigenvalue weighted by Crippen LogP contribution is 2.03. The quantitative estimate of drug-likeness (QED) is 0.508. The molecular weight excluding hydrogens is 305 g/mol. The normalized spacial score (nSPS) is 8.84. The van der Waals surface area contributed by atoms with Crippen LogP contribution in [-0.2, 0) is 0 Å². The van der Waals surface area contributed by atoms with Crippen LogP contribution in [0.3, 0.4) is 0 Å². The van der Waals surface area contributed by atoms with Gasteiger partial charge in [-0.05, 0) is 19.6 Å². The molecule has 0 aromatic heterocycles. The van der Waals surface area contributed by atoms with Crippen molar-refractivity contribution in [3.63, 3.8) is 0 Å². The summed E-state index contributed by atoms with van der Waals surface area (Å²) in [5.41, 5.74) is 0. The van der Waals surface area contributed by atoms with Crippen molar-refractivity contribution in [2.45, 2.75) is 64.6 Å². The van der Waals surface area contributed by atoms with Gasteiger partial charge in [0.1, 0.15) is 0 Å². The highest BCUT2D eigenvalue weighted by molar-refractivity contribution is 6.63. The van der Waals surface area contributed by atoms with Crippen LogP contribution in [0.5, 0.6) is 0 Å². The monoisotopic (exact) mass is 337 g/mol. The van der Waals surface area contributed by atoms with Crippen LogP contribution in [-0.4, -0.2) is 41.0 Å². The molecule has 0 radical (unpaired) electrons. The van der Waals surface area contributed by atoms with Gasteiger partial charge in [-0.2, -0.15) is 0 Å². The highest BCUT2D eigenvalue weighted by atomic mass is 35.6. The second-order valence-electron chi connectivity index (χ2n) is 3.57. The second kappa shape index (κ2) is 31.3. The van der Waals surface area contributed by atoms with Crippen molar-refractivity contribution in [1.82, 2.24) is 4.90 Å². The number of alkyl halides is 3. The van der Waals surface area contributed by atoms with Gasteiger partial charge in [-0.3, -0.25) is 0 Å². The minimum Gasteiger partial charge on any atom is -0.400 e. The van der Waals surface area contributed by atoms with E-state index in [0.29, 0.717) is 0 Å². The molecule has 0 atom stereocenters. The van der Waals surface area contributed by atoms with E-state index in [2.05, 4.69) is 39.5 Å². The van der Waals surface area contributed by atoms with Gasteiger partial charge in [-0.15, -0.1) is 0 Å². The summed E-state index contributed by atoms with van der Waals surface area (Å²) in [5.74, 6) is 0. The Hall–Kier alpha value is 0.790. The number of nitrogens with zero attached hydrogens (tertiary/aromatic N) is 1. The fraction of sp³-hybridized carbons (Fsp3) is 1.00. The molecule has 0 aromatic rings. The Balaban J connectivity index is -0.0000000858. The van der Waals surface area contributed by atoms with E-state index in [4.69, 9.17) is 39.9 Å². The van der Waals surface area contributed by atoms with Crippen LogP contribution in [0, 0.1) is 0 Å². The first kappa shape index (κ1) is 28.0. The number of unbranched alkanes of at least 4 members (excludes halogenated alkanes) is 3. The fourth-order valence-electron chi connectivity index (χ4n) is 1.17. The van der Waals surface area contributed by atoms with Crippen molar-refractivity contribution in [3.8, 4) is 0 Å². The molecule has 0 spiro atoms. The van der Waals surface area contributed by atoms with Gasteiger partial charge < -0.3 is 10.0 Å². The van der Waals surface area contributed by atoms with Crippen LogP contribution in [0.1, 0.15) is 60.3 Å². The Morgan fingerprint density at radius 2 is 0.947 bits per heavy atom. The van der Waals surface area contributed by atoms with Gasteiger partial charge in [0.15, 0.2) is 4.30 Å². The molecule has 0 saturated carbocycles. The molecule has 0 aliphatic rings. The molecule has 0 aliphatic carbocycles. The van der Waals surface area contributed by atoms with Crippen molar-refractivity contribution < 1.29 is 5.11 Å². The predicted octanol–water partition coefficient (Wildman–Crippen LogP) is 5.53. The third kappa shape index (κ3) is 55.3. The lowest BCUT2D eigenvalue weighted by molar-refractivity contribution is 0.321. The lowest BCUT2D eigenvalue weighted by atomic mass is 10.2. The van der Waals surface area contributed by atoms with Crippen molar-refractivity contribution in [1.29, 1.82) is 0 Å². The molecule has 0 unspecified atom stereocenters. The Bertz CT molecular complexity index is 101. The molecule has 1 N–H and O–H groups in total. The van der Waals surface area contributed by atoms with Gasteiger partial charge in [0.2, 0.25) is 0 Å². The maximum atomic E-state index is 7.00. The molecule has 0 bridgehead atoms. The van der Waals surface area contributed by atoms with Crippen LogP contribution >= 0.6 is 34.8 Å². The van der Waals surface area contributed by atoms with E-state index in [1.165, 1.54) is 45.3 Å². The average molecular weight is 339 g/mol. The number of aliphatic hydroxyl groups is 1. The van der Waals surface area contributed by atoms with E-state index in [-0.39, 0.29) is 0 Å². The van der Waals surface area contributed by atoms with E-state index < -0.39 is 4.30 Å². The van der Waals surface area contributed by atoms with E-state index in [0.717, 1.165) is 7.11 Å². The summed E-state index contributed by atoms with van der Waals surface area (Å²) in [7, 11) is 1.00. The molecule has 0 saturated heterocycles. The van der Waals surface area contributed by atoms with E-state index in [1.807, 2.05) is 0 Å². The molecule has 5 heteroatoms. The van der Waals surface area contributed by atoms with Crippen molar-refractivity contribution in [2.75, 3.05) is 26.7 Å². The first-order chi connectivity index (χ1) is 8.99. The molecule has 0 heterocycles. The summed E-state index contributed by atoms with van der Waals surface area (Å²) in [5, 5.41) is 7.00. The van der Waals surface area contributed by atoms with E-state index in [1.54, 1.807) is 0 Å². The zero-order valence-corrected chi connectivity index (χ0v) is 15.8. The number of aliphatic hydroxyl groups excluding tert-OH is 1. The summed E-state index contributed by atoms with van der Waals surface area (Å²) in [4.78, 5) is 2.38. The third-order valence-corrected chi connectivity index (χ3v) is 2.30. The average Bonchev–Trinajstić information content (AvgIpc) is 2.41. The predicted molar refractivity (Wildman–Crippen MR) is 92.8 cm³/mol. The minimum absolute atomic E-state index is 0.750. The third-order valence-electron chi connectivity index (χ3n) is 2.30.